The Morgan fingerprint density at radius 2 is 1.88 bits per heavy atom. The Hall–Kier alpha value is -3.44. The smallest absolute Gasteiger partial charge is 0.453 e. The van der Waals surface area contributed by atoms with Gasteiger partial charge in [0, 0.05) is 26.1 Å². The molecule has 2 aromatic heterocycles. The molecule has 4 rings (SSSR count). The minimum absolute atomic E-state index is 0.00960. The Labute approximate surface area is 186 Å². The van der Waals surface area contributed by atoms with Crippen molar-refractivity contribution in [2.45, 2.75) is 19.0 Å². The van der Waals surface area contributed by atoms with Crippen LogP contribution in [0.25, 0.3) is 5.65 Å². The maximum absolute atomic E-state index is 13.6. The normalized spacial score (nSPS) is 15.1. The summed E-state index contributed by atoms with van der Waals surface area (Å²) in [6.45, 7) is 1.40. The number of alkyl halides is 3. The van der Waals surface area contributed by atoms with Crippen LogP contribution in [-0.4, -0.2) is 63.9 Å². The highest BCUT2D eigenvalue weighted by atomic mass is 19.4. The fourth-order valence-corrected chi connectivity index (χ4v) is 3.76. The van der Waals surface area contributed by atoms with Crippen LogP contribution in [0.3, 0.4) is 0 Å². The second-order valence-electron chi connectivity index (χ2n) is 7.78. The lowest BCUT2D eigenvalue weighted by molar-refractivity contribution is -0.146. The summed E-state index contributed by atoms with van der Waals surface area (Å²) in [5, 5.41) is 10.7. The number of carbonyl (C=O) groups is 1. The summed E-state index contributed by atoms with van der Waals surface area (Å²) in [5.74, 6) is -1.40. The second kappa shape index (κ2) is 9.20. The van der Waals surface area contributed by atoms with E-state index in [1.54, 1.807) is 30.1 Å². The monoisotopic (exact) mass is 466 g/mol. The van der Waals surface area contributed by atoms with Gasteiger partial charge in [-0.15, -0.1) is 15.3 Å². The zero-order chi connectivity index (χ0) is 23.6. The molecular formula is C21H22F4N6O2. The molecule has 0 aliphatic carbocycles. The van der Waals surface area contributed by atoms with Crippen LogP contribution in [-0.2, 0) is 11.0 Å². The predicted molar refractivity (Wildman–Crippen MR) is 110 cm³/mol. The van der Waals surface area contributed by atoms with Crippen LogP contribution in [0.2, 0.25) is 0 Å². The van der Waals surface area contributed by atoms with Gasteiger partial charge < -0.3 is 14.5 Å². The maximum atomic E-state index is 13.6. The van der Waals surface area contributed by atoms with Crippen LogP contribution >= 0.6 is 0 Å². The minimum atomic E-state index is -4.66. The summed E-state index contributed by atoms with van der Waals surface area (Å²) in [5.41, 5.74) is 0.00960. The fraction of sp³-hybridized carbons (Fsp3) is 0.429. The highest BCUT2D eigenvalue weighted by Gasteiger charge is 2.38. The number of amides is 1. The van der Waals surface area contributed by atoms with E-state index in [1.165, 1.54) is 18.2 Å². The first-order valence-electron chi connectivity index (χ1n) is 10.4. The summed E-state index contributed by atoms with van der Waals surface area (Å²) < 4.78 is 59.0. The number of rotatable bonds is 6. The summed E-state index contributed by atoms with van der Waals surface area (Å²) in [4.78, 5) is 16.2. The molecule has 12 heteroatoms. The number of anilines is 1. The van der Waals surface area contributed by atoms with Crippen molar-refractivity contribution in [3.8, 4) is 5.75 Å². The van der Waals surface area contributed by atoms with Crippen molar-refractivity contribution in [1.29, 1.82) is 0 Å². The molecule has 3 heterocycles. The number of halogens is 4. The molecule has 0 spiro atoms. The SMILES string of the molecule is CN(CCOc1ccccc1F)C(=O)C1CCN(c2ccc3nnc(C(F)(F)F)n3n2)CC1. The Bertz CT molecular complexity index is 1130. The zero-order valence-corrected chi connectivity index (χ0v) is 17.8. The number of piperidine rings is 1. The number of para-hydroxylation sites is 1. The lowest BCUT2D eigenvalue weighted by atomic mass is 9.95. The molecule has 1 amide bonds. The molecule has 8 nitrogen and oxygen atoms in total. The lowest BCUT2D eigenvalue weighted by Crippen LogP contribution is -2.42. The van der Waals surface area contributed by atoms with E-state index in [2.05, 4.69) is 15.3 Å². The van der Waals surface area contributed by atoms with Crippen molar-refractivity contribution in [3.63, 3.8) is 0 Å². The summed E-state index contributed by atoms with van der Waals surface area (Å²) in [7, 11) is 1.67. The topological polar surface area (TPSA) is 75.9 Å². The highest BCUT2D eigenvalue weighted by molar-refractivity contribution is 5.79. The van der Waals surface area contributed by atoms with E-state index in [1.807, 2.05) is 4.90 Å². The number of aromatic nitrogens is 4. The zero-order valence-electron chi connectivity index (χ0n) is 17.8. The minimum Gasteiger partial charge on any atom is -0.489 e. The molecule has 0 saturated carbocycles. The first kappa shape index (κ1) is 22.7. The van der Waals surface area contributed by atoms with Gasteiger partial charge in [0.1, 0.15) is 12.4 Å². The standard InChI is InChI=1S/C21H22F4N6O2/c1-29(12-13-33-16-5-3-2-4-15(16)22)19(32)14-8-10-30(11-9-14)18-7-6-17-26-27-20(21(23,24)25)31(17)28-18/h2-7,14H,8-13H2,1H3. The molecule has 1 saturated heterocycles. The van der Waals surface area contributed by atoms with Gasteiger partial charge in [0.15, 0.2) is 17.2 Å². The van der Waals surface area contributed by atoms with Crippen LogP contribution in [0.5, 0.6) is 5.75 Å². The number of hydrogen-bond acceptors (Lipinski definition) is 6. The molecule has 0 unspecified atom stereocenters. The Kier molecular flexibility index (Phi) is 6.34. The number of benzene rings is 1. The number of likely N-dealkylation sites (N-methyl/N-ethyl adjacent to an activating group) is 1. The third-order valence-electron chi connectivity index (χ3n) is 5.57. The third-order valence-corrected chi connectivity index (χ3v) is 5.57. The molecule has 1 fully saturated rings. The van der Waals surface area contributed by atoms with Crippen LogP contribution in [0, 0.1) is 11.7 Å². The summed E-state index contributed by atoms with van der Waals surface area (Å²) >= 11 is 0. The van der Waals surface area contributed by atoms with Crippen molar-refractivity contribution in [2.24, 2.45) is 5.92 Å². The van der Waals surface area contributed by atoms with Gasteiger partial charge in [0.05, 0.1) is 6.54 Å². The molecule has 33 heavy (non-hydrogen) atoms. The second-order valence-corrected chi connectivity index (χ2v) is 7.78. The number of ether oxygens (including phenoxy) is 1. The van der Waals surface area contributed by atoms with E-state index >= 15 is 0 Å². The fourth-order valence-electron chi connectivity index (χ4n) is 3.76. The molecule has 1 aliphatic rings. The quantitative estimate of drug-likeness (QED) is 0.520. The van der Waals surface area contributed by atoms with E-state index in [0.717, 1.165) is 0 Å². The van der Waals surface area contributed by atoms with Gasteiger partial charge in [-0.2, -0.15) is 17.7 Å². The number of hydrogen-bond donors (Lipinski definition) is 0. The predicted octanol–water partition coefficient (Wildman–Crippen LogP) is 3.04. The highest BCUT2D eigenvalue weighted by Crippen LogP contribution is 2.29. The van der Waals surface area contributed by atoms with Crippen LogP contribution in [0.15, 0.2) is 36.4 Å². The molecule has 1 aliphatic heterocycles. The van der Waals surface area contributed by atoms with Crippen LogP contribution in [0.4, 0.5) is 23.4 Å². The van der Waals surface area contributed by atoms with Crippen molar-refractivity contribution >= 4 is 17.4 Å². The van der Waals surface area contributed by atoms with Gasteiger partial charge in [-0.1, -0.05) is 12.1 Å². The van der Waals surface area contributed by atoms with Crippen LogP contribution < -0.4 is 9.64 Å². The van der Waals surface area contributed by atoms with Crippen molar-refractivity contribution in [2.75, 3.05) is 38.2 Å². The van der Waals surface area contributed by atoms with Crippen molar-refractivity contribution in [3.05, 3.63) is 48.0 Å². The molecule has 0 N–H and O–H groups in total. The van der Waals surface area contributed by atoms with E-state index < -0.39 is 17.8 Å². The Balaban J connectivity index is 1.32. The summed E-state index contributed by atoms with van der Waals surface area (Å²) in [6, 6.07) is 9.09. The summed E-state index contributed by atoms with van der Waals surface area (Å²) in [6.07, 6.45) is -3.60. The lowest BCUT2D eigenvalue weighted by Gasteiger charge is -2.33. The van der Waals surface area contributed by atoms with Gasteiger partial charge in [-0.25, -0.2) is 4.39 Å². The number of carbonyl (C=O) groups excluding carboxylic acids is 1. The molecule has 176 valence electrons. The molecule has 0 atom stereocenters. The first-order chi connectivity index (χ1) is 15.7. The van der Waals surface area contributed by atoms with Gasteiger partial charge >= 0.3 is 6.18 Å². The van der Waals surface area contributed by atoms with Crippen LogP contribution in [0.1, 0.15) is 18.7 Å². The van der Waals surface area contributed by atoms with Crippen molar-refractivity contribution in [1.82, 2.24) is 24.7 Å². The van der Waals surface area contributed by atoms with E-state index in [9.17, 15) is 22.4 Å². The third kappa shape index (κ3) is 4.99. The molecule has 0 radical (unpaired) electrons. The maximum Gasteiger partial charge on any atom is 0.453 e. The van der Waals surface area contributed by atoms with Gasteiger partial charge in [-0.05, 0) is 37.1 Å². The van der Waals surface area contributed by atoms with Crippen molar-refractivity contribution < 1.29 is 27.1 Å². The number of nitrogens with zero attached hydrogens (tertiary/aromatic N) is 6. The van der Waals surface area contributed by atoms with Gasteiger partial charge in [0.25, 0.3) is 5.82 Å². The Morgan fingerprint density at radius 1 is 1.15 bits per heavy atom. The molecule has 0 bridgehead atoms. The molecular weight excluding hydrogens is 444 g/mol. The Morgan fingerprint density at radius 3 is 2.58 bits per heavy atom. The van der Waals surface area contributed by atoms with Gasteiger partial charge in [0.2, 0.25) is 5.91 Å². The average Bonchev–Trinajstić information content (AvgIpc) is 3.24. The van der Waals surface area contributed by atoms with Gasteiger partial charge in [-0.3, -0.25) is 4.79 Å². The van der Waals surface area contributed by atoms with E-state index in [4.69, 9.17) is 4.74 Å². The molecule has 3 aromatic rings. The van der Waals surface area contributed by atoms with E-state index in [0.29, 0.717) is 42.8 Å². The first-order valence-corrected chi connectivity index (χ1v) is 10.4. The number of fused-ring (bicyclic) bond motifs is 1. The van der Waals surface area contributed by atoms with E-state index in [-0.39, 0.29) is 29.8 Å². The average molecular weight is 466 g/mol. The molecule has 1 aromatic carbocycles. The largest absolute Gasteiger partial charge is 0.489 e.